The summed E-state index contributed by atoms with van der Waals surface area (Å²) in [7, 11) is 0. The molecule has 0 bridgehead atoms. The number of anilines is 1. The molecule has 1 aromatic rings. The first-order valence-electron chi connectivity index (χ1n) is 5.98. The number of nitriles is 1. The lowest BCUT2D eigenvalue weighted by Gasteiger charge is -2.47. The van der Waals surface area contributed by atoms with E-state index in [9.17, 15) is 9.65 Å². The minimum absolute atomic E-state index is 0.000447. The summed E-state index contributed by atoms with van der Waals surface area (Å²) in [6.07, 6.45) is 1.91. The summed E-state index contributed by atoms with van der Waals surface area (Å²) in [5.41, 5.74) is 0.635. The van der Waals surface area contributed by atoms with Gasteiger partial charge in [-0.1, -0.05) is 6.07 Å². The van der Waals surface area contributed by atoms with Crippen LogP contribution in [0, 0.1) is 23.1 Å². The molecule has 0 spiro atoms. The van der Waals surface area contributed by atoms with Crippen molar-refractivity contribution in [3.05, 3.63) is 30.1 Å². The van der Waals surface area contributed by atoms with Crippen LogP contribution >= 0.6 is 0 Å². The molecule has 1 heterocycles. The number of hydrogen-bond acceptors (Lipinski definition) is 2. The Hall–Kier alpha value is -1.56. The molecule has 2 nitrogen and oxygen atoms in total. The Morgan fingerprint density at radius 1 is 1.47 bits per heavy atom. The van der Waals surface area contributed by atoms with Crippen molar-refractivity contribution in [1.82, 2.24) is 0 Å². The molecule has 1 unspecified atom stereocenters. The van der Waals surface area contributed by atoms with Gasteiger partial charge < -0.3 is 4.90 Å². The quantitative estimate of drug-likeness (QED) is 0.742. The number of piperidine rings is 1. The SMILES string of the molecule is CC1(C)C(C#N)CCCN1c1cccc(F)c1. The van der Waals surface area contributed by atoms with Gasteiger partial charge in [-0.15, -0.1) is 0 Å². The Labute approximate surface area is 102 Å². The number of benzene rings is 1. The molecule has 0 amide bonds. The van der Waals surface area contributed by atoms with Crippen LogP contribution in [0.2, 0.25) is 0 Å². The second kappa shape index (κ2) is 4.37. The maximum Gasteiger partial charge on any atom is 0.125 e. The van der Waals surface area contributed by atoms with Gasteiger partial charge in [-0.3, -0.25) is 0 Å². The molecule has 2 rings (SSSR count). The molecule has 90 valence electrons. The Morgan fingerprint density at radius 2 is 2.24 bits per heavy atom. The highest BCUT2D eigenvalue weighted by Gasteiger charge is 2.38. The van der Waals surface area contributed by atoms with Gasteiger partial charge in [0.15, 0.2) is 0 Å². The van der Waals surface area contributed by atoms with Gasteiger partial charge in [0.05, 0.1) is 17.5 Å². The number of hydrogen-bond donors (Lipinski definition) is 0. The highest BCUT2D eigenvalue weighted by Crippen LogP contribution is 2.36. The van der Waals surface area contributed by atoms with Gasteiger partial charge in [-0.05, 0) is 44.9 Å². The average Bonchev–Trinajstić information content (AvgIpc) is 2.28. The normalized spacial score (nSPS) is 23.2. The highest BCUT2D eigenvalue weighted by atomic mass is 19.1. The summed E-state index contributed by atoms with van der Waals surface area (Å²) in [6, 6.07) is 8.99. The zero-order valence-electron chi connectivity index (χ0n) is 10.3. The van der Waals surface area contributed by atoms with Gasteiger partial charge in [-0.2, -0.15) is 5.26 Å². The molecular formula is C14H17FN2. The summed E-state index contributed by atoms with van der Waals surface area (Å²) < 4.78 is 13.3. The summed E-state index contributed by atoms with van der Waals surface area (Å²) in [5, 5.41) is 9.20. The molecule has 1 fully saturated rings. The number of halogens is 1. The van der Waals surface area contributed by atoms with Gasteiger partial charge >= 0.3 is 0 Å². The van der Waals surface area contributed by atoms with Crippen molar-refractivity contribution in [2.24, 2.45) is 5.92 Å². The monoisotopic (exact) mass is 232 g/mol. The molecule has 17 heavy (non-hydrogen) atoms. The average molecular weight is 232 g/mol. The molecule has 1 aliphatic heterocycles. The smallest absolute Gasteiger partial charge is 0.125 e. The summed E-state index contributed by atoms with van der Waals surface area (Å²) in [6.45, 7) is 5.00. The molecule has 0 N–H and O–H groups in total. The topological polar surface area (TPSA) is 27.0 Å². The van der Waals surface area contributed by atoms with E-state index in [0.29, 0.717) is 0 Å². The van der Waals surface area contributed by atoms with E-state index in [1.807, 2.05) is 6.07 Å². The molecule has 3 heteroatoms. The fourth-order valence-electron chi connectivity index (χ4n) is 2.61. The number of nitrogens with zero attached hydrogens (tertiary/aromatic N) is 2. The van der Waals surface area contributed by atoms with E-state index in [1.54, 1.807) is 12.1 Å². The molecule has 1 aromatic carbocycles. The first-order valence-corrected chi connectivity index (χ1v) is 5.98. The van der Waals surface area contributed by atoms with Crippen LogP contribution in [-0.2, 0) is 0 Å². The molecule has 1 saturated heterocycles. The maximum atomic E-state index is 13.3. The maximum absolute atomic E-state index is 13.3. The predicted molar refractivity (Wildman–Crippen MR) is 66.2 cm³/mol. The lowest BCUT2D eigenvalue weighted by atomic mass is 9.79. The van der Waals surface area contributed by atoms with E-state index in [4.69, 9.17) is 0 Å². The van der Waals surface area contributed by atoms with E-state index in [1.165, 1.54) is 6.07 Å². The van der Waals surface area contributed by atoms with Gasteiger partial charge in [0.25, 0.3) is 0 Å². The molecule has 0 saturated carbocycles. The van der Waals surface area contributed by atoms with Crippen LogP contribution in [0.1, 0.15) is 26.7 Å². The Kier molecular flexibility index (Phi) is 3.06. The minimum Gasteiger partial charge on any atom is -0.365 e. The lowest BCUT2D eigenvalue weighted by Crippen LogP contribution is -2.53. The Morgan fingerprint density at radius 3 is 2.88 bits per heavy atom. The van der Waals surface area contributed by atoms with Gasteiger partial charge in [0.1, 0.15) is 5.82 Å². The summed E-state index contributed by atoms with van der Waals surface area (Å²) in [5.74, 6) is -0.225. The van der Waals surface area contributed by atoms with Crippen LogP contribution in [0.15, 0.2) is 24.3 Å². The van der Waals surface area contributed by atoms with Crippen molar-refractivity contribution < 1.29 is 4.39 Å². The first kappa shape index (κ1) is 11.9. The van der Waals surface area contributed by atoms with E-state index >= 15 is 0 Å². The third-order valence-corrected chi connectivity index (χ3v) is 3.70. The minimum atomic E-state index is -0.235. The van der Waals surface area contributed by atoms with Crippen LogP contribution in [0.5, 0.6) is 0 Å². The van der Waals surface area contributed by atoms with E-state index in [2.05, 4.69) is 24.8 Å². The third-order valence-electron chi connectivity index (χ3n) is 3.70. The van der Waals surface area contributed by atoms with Crippen molar-refractivity contribution >= 4 is 5.69 Å². The zero-order chi connectivity index (χ0) is 12.5. The van der Waals surface area contributed by atoms with Crippen molar-refractivity contribution in [1.29, 1.82) is 5.26 Å². The molecule has 0 radical (unpaired) electrons. The second-order valence-corrected chi connectivity index (χ2v) is 5.11. The fourth-order valence-corrected chi connectivity index (χ4v) is 2.61. The van der Waals surface area contributed by atoms with E-state index in [0.717, 1.165) is 25.1 Å². The summed E-state index contributed by atoms with van der Waals surface area (Å²) >= 11 is 0. The Balaban J connectivity index is 2.35. The predicted octanol–water partition coefficient (Wildman–Crippen LogP) is 3.34. The van der Waals surface area contributed by atoms with Gasteiger partial charge in [0, 0.05) is 12.2 Å². The van der Waals surface area contributed by atoms with Crippen LogP contribution in [0.3, 0.4) is 0 Å². The largest absolute Gasteiger partial charge is 0.365 e. The molecule has 0 aliphatic carbocycles. The molecule has 0 aromatic heterocycles. The van der Waals surface area contributed by atoms with Gasteiger partial charge in [-0.25, -0.2) is 4.39 Å². The van der Waals surface area contributed by atoms with E-state index in [-0.39, 0.29) is 17.3 Å². The van der Waals surface area contributed by atoms with Gasteiger partial charge in [0.2, 0.25) is 0 Å². The third kappa shape index (κ3) is 2.12. The second-order valence-electron chi connectivity index (χ2n) is 5.11. The van der Waals surface area contributed by atoms with Crippen molar-refractivity contribution in [3.8, 4) is 6.07 Å². The Bertz CT molecular complexity index is 448. The molecular weight excluding hydrogens is 215 g/mol. The number of rotatable bonds is 1. The molecule has 1 atom stereocenters. The van der Waals surface area contributed by atoms with E-state index < -0.39 is 0 Å². The fraction of sp³-hybridized carbons (Fsp3) is 0.500. The first-order chi connectivity index (χ1) is 8.05. The van der Waals surface area contributed by atoms with Crippen molar-refractivity contribution in [3.63, 3.8) is 0 Å². The molecule has 1 aliphatic rings. The highest BCUT2D eigenvalue weighted by molar-refractivity contribution is 5.50. The van der Waals surface area contributed by atoms with Crippen molar-refractivity contribution in [2.75, 3.05) is 11.4 Å². The van der Waals surface area contributed by atoms with Crippen LogP contribution < -0.4 is 4.90 Å². The zero-order valence-corrected chi connectivity index (χ0v) is 10.3. The van der Waals surface area contributed by atoms with Crippen LogP contribution in [0.4, 0.5) is 10.1 Å². The summed E-state index contributed by atoms with van der Waals surface area (Å²) in [4.78, 5) is 2.15. The van der Waals surface area contributed by atoms with Crippen LogP contribution in [-0.4, -0.2) is 12.1 Å². The standard InChI is InChI=1S/C14H17FN2/c1-14(2)11(10-16)5-4-8-17(14)13-7-3-6-12(15)9-13/h3,6-7,9,11H,4-5,8H2,1-2H3. The van der Waals surface area contributed by atoms with Crippen LogP contribution in [0.25, 0.3) is 0 Å². The van der Waals surface area contributed by atoms with Crippen molar-refractivity contribution in [2.45, 2.75) is 32.2 Å². The lowest BCUT2D eigenvalue weighted by molar-refractivity contribution is 0.292.